The van der Waals surface area contributed by atoms with Gasteiger partial charge in [0.25, 0.3) is 5.91 Å². The predicted octanol–water partition coefficient (Wildman–Crippen LogP) is 2.84. The summed E-state index contributed by atoms with van der Waals surface area (Å²) in [7, 11) is -4.33. The quantitative estimate of drug-likeness (QED) is 0.402. The van der Waals surface area contributed by atoms with E-state index in [-0.39, 0.29) is 16.8 Å². The summed E-state index contributed by atoms with van der Waals surface area (Å²) in [6, 6.07) is 17.6. The fourth-order valence-corrected chi connectivity index (χ4v) is 4.02. The molecule has 0 aliphatic rings. The summed E-state index contributed by atoms with van der Waals surface area (Å²) in [6.07, 6.45) is 0. The highest BCUT2D eigenvalue weighted by atomic mass is 79.9. The Bertz CT molecular complexity index is 1260. The highest BCUT2D eigenvalue weighted by Gasteiger charge is 2.27. The Morgan fingerprint density at radius 3 is 2.14 bits per heavy atom. The lowest BCUT2D eigenvalue weighted by Crippen LogP contribution is -2.24. The van der Waals surface area contributed by atoms with Crippen molar-refractivity contribution in [1.82, 2.24) is 0 Å². The second-order valence-electron chi connectivity index (χ2n) is 6.12. The third-order valence-electron chi connectivity index (χ3n) is 4.12. The van der Waals surface area contributed by atoms with Gasteiger partial charge >= 0.3 is 0 Å². The van der Waals surface area contributed by atoms with E-state index < -0.39 is 20.8 Å². The van der Waals surface area contributed by atoms with Crippen LogP contribution in [0.4, 0.5) is 5.69 Å². The number of sulfonamides is 1. The van der Waals surface area contributed by atoms with Crippen molar-refractivity contribution in [3.63, 3.8) is 0 Å². The second kappa shape index (κ2) is 8.09. The summed E-state index contributed by atoms with van der Waals surface area (Å²) >= 11 is 3.34. The monoisotopic (exact) mass is 469 g/mol. The van der Waals surface area contributed by atoms with Crippen LogP contribution in [0.2, 0.25) is 0 Å². The summed E-state index contributed by atoms with van der Waals surface area (Å²) < 4.78 is 25.4. The zero-order valence-corrected chi connectivity index (χ0v) is 17.4. The first-order valence-electron chi connectivity index (χ1n) is 8.30. The van der Waals surface area contributed by atoms with Crippen LogP contribution in [-0.4, -0.2) is 14.3 Å². The topological polar surface area (TPSA) is 129 Å². The molecule has 0 fully saturated rings. The molecule has 3 aromatic rings. The molecule has 0 radical (unpaired) electrons. The minimum Gasteiger partial charge on any atom is -0.398 e. The van der Waals surface area contributed by atoms with Gasteiger partial charge in [0.1, 0.15) is 4.90 Å². The van der Waals surface area contributed by atoms with Gasteiger partial charge in [-0.3, -0.25) is 4.79 Å². The van der Waals surface area contributed by atoms with Gasteiger partial charge in [-0.05, 0) is 35.9 Å². The number of hydrogen-bond acceptors (Lipinski definition) is 4. The van der Waals surface area contributed by atoms with Gasteiger partial charge in [-0.2, -0.15) is 0 Å². The van der Waals surface area contributed by atoms with Crippen LogP contribution in [0.3, 0.4) is 0 Å². The Morgan fingerprint density at radius 2 is 1.59 bits per heavy atom. The minimum atomic E-state index is -4.33. The van der Waals surface area contributed by atoms with Crippen LogP contribution >= 0.6 is 15.9 Å². The van der Waals surface area contributed by atoms with Crippen LogP contribution in [0.5, 0.6) is 0 Å². The van der Waals surface area contributed by atoms with Gasteiger partial charge in [-0.25, -0.2) is 13.6 Å². The normalized spacial score (nSPS) is 10.8. The molecule has 0 aliphatic heterocycles. The van der Waals surface area contributed by atoms with E-state index >= 15 is 0 Å². The Balaban J connectivity index is 2.35. The van der Waals surface area contributed by atoms with Crippen molar-refractivity contribution in [1.29, 1.82) is 0 Å². The molecule has 0 saturated carbocycles. The molecule has 0 unspecified atom stereocenters. The Labute approximate surface area is 176 Å². The van der Waals surface area contributed by atoms with Gasteiger partial charge in [0.2, 0.25) is 10.0 Å². The second-order valence-corrected chi connectivity index (χ2v) is 8.54. The standard InChI is InChI=1S/C21H16BrN3O3S/c22-16-10-7-13(8-11-16)6-9-15-12-17(14-4-2-1-3-5-14)19(23)18(21(24)26)20(15)29(25,27)28/h1-5,7-8,10-12H,23H2,(H2,24,26)(H2,25,27,28). The van der Waals surface area contributed by atoms with Crippen molar-refractivity contribution in [2.45, 2.75) is 4.90 Å². The molecule has 6 nitrogen and oxygen atoms in total. The molecule has 0 saturated heterocycles. The van der Waals surface area contributed by atoms with Gasteiger partial charge in [0, 0.05) is 21.2 Å². The molecule has 3 rings (SSSR count). The van der Waals surface area contributed by atoms with Crippen molar-refractivity contribution in [2.75, 3.05) is 5.73 Å². The molecule has 0 aliphatic carbocycles. The van der Waals surface area contributed by atoms with E-state index in [4.69, 9.17) is 16.6 Å². The van der Waals surface area contributed by atoms with E-state index in [0.717, 1.165) is 4.47 Å². The zero-order chi connectivity index (χ0) is 21.2. The molecule has 146 valence electrons. The fourth-order valence-electron chi connectivity index (χ4n) is 2.84. The number of rotatable bonds is 3. The van der Waals surface area contributed by atoms with E-state index in [0.29, 0.717) is 16.7 Å². The summed E-state index contributed by atoms with van der Waals surface area (Å²) in [5.41, 5.74) is 13.0. The summed E-state index contributed by atoms with van der Waals surface area (Å²) in [4.78, 5) is 11.6. The smallest absolute Gasteiger partial charge is 0.252 e. The van der Waals surface area contributed by atoms with Crippen molar-refractivity contribution in [3.05, 3.63) is 81.8 Å². The van der Waals surface area contributed by atoms with E-state index in [1.807, 2.05) is 6.07 Å². The number of nitrogens with two attached hydrogens (primary N) is 3. The lowest BCUT2D eigenvalue weighted by atomic mass is 9.96. The van der Waals surface area contributed by atoms with Crippen LogP contribution in [0.15, 0.2) is 70.0 Å². The summed E-state index contributed by atoms with van der Waals surface area (Å²) in [6.45, 7) is 0. The third-order valence-corrected chi connectivity index (χ3v) is 5.64. The highest BCUT2D eigenvalue weighted by molar-refractivity contribution is 9.10. The largest absolute Gasteiger partial charge is 0.398 e. The van der Waals surface area contributed by atoms with Crippen molar-refractivity contribution in [2.24, 2.45) is 10.9 Å². The Hall–Kier alpha value is -3.12. The maximum Gasteiger partial charge on any atom is 0.252 e. The number of benzene rings is 3. The van der Waals surface area contributed by atoms with Crippen LogP contribution in [0.25, 0.3) is 11.1 Å². The predicted molar refractivity (Wildman–Crippen MR) is 116 cm³/mol. The molecule has 0 aromatic heterocycles. The average molecular weight is 470 g/mol. The number of carbonyl (C=O) groups excluding carboxylic acids is 1. The molecule has 8 heteroatoms. The van der Waals surface area contributed by atoms with Gasteiger partial charge in [0.15, 0.2) is 0 Å². The van der Waals surface area contributed by atoms with Crippen molar-refractivity contribution >= 4 is 37.5 Å². The van der Waals surface area contributed by atoms with E-state index in [1.54, 1.807) is 48.5 Å². The molecule has 29 heavy (non-hydrogen) atoms. The van der Waals surface area contributed by atoms with E-state index in [2.05, 4.69) is 27.8 Å². The van der Waals surface area contributed by atoms with Crippen molar-refractivity contribution < 1.29 is 13.2 Å². The maximum atomic E-state index is 12.3. The molecule has 0 heterocycles. The van der Waals surface area contributed by atoms with Crippen LogP contribution in [-0.2, 0) is 10.0 Å². The number of primary amides is 1. The summed E-state index contributed by atoms with van der Waals surface area (Å²) in [5, 5.41) is 5.38. The minimum absolute atomic E-state index is 0.0391. The molecule has 0 bridgehead atoms. The number of primary sulfonamides is 1. The van der Waals surface area contributed by atoms with Crippen molar-refractivity contribution in [3.8, 4) is 23.0 Å². The first-order valence-corrected chi connectivity index (χ1v) is 10.6. The molecule has 3 aromatic carbocycles. The van der Waals surface area contributed by atoms with Crippen LogP contribution in [0.1, 0.15) is 21.5 Å². The third kappa shape index (κ3) is 4.49. The maximum absolute atomic E-state index is 12.3. The molecular weight excluding hydrogens is 454 g/mol. The number of carbonyl (C=O) groups is 1. The number of anilines is 1. The molecule has 1 amide bonds. The van der Waals surface area contributed by atoms with Gasteiger partial charge in [-0.1, -0.05) is 58.1 Å². The van der Waals surface area contributed by atoms with Gasteiger partial charge < -0.3 is 11.5 Å². The zero-order valence-electron chi connectivity index (χ0n) is 15.0. The molecule has 0 spiro atoms. The molecule has 0 atom stereocenters. The first kappa shape index (κ1) is 20.6. The SMILES string of the molecule is NC(=O)c1c(N)c(-c2ccccc2)cc(C#Cc2ccc(Br)cc2)c1S(N)(=O)=O. The highest BCUT2D eigenvalue weighted by Crippen LogP contribution is 2.34. The Kier molecular flexibility index (Phi) is 5.75. The first-order chi connectivity index (χ1) is 13.7. The average Bonchev–Trinajstić information content (AvgIpc) is 2.67. The van der Waals surface area contributed by atoms with E-state index in [9.17, 15) is 13.2 Å². The summed E-state index contributed by atoms with van der Waals surface area (Å²) in [5.74, 6) is 4.68. The molecular formula is C21H16BrN3O3S. The molecule has 6 N–H and O–H groups in total. The fraction of sp³-hybridized carbons (Fsp3) is 0. The number of amides is 1. The Morgan fingerprint density at radius 1 is 0.966 bits per heavy atom. The van der Waals surface area contributed by atoms with Crippen LogP contribution < -0.4 is 16.6 Å². The van der Waals surface area contributed by atoms with Gasteiger partial charge in [0.05, 0.1) is 11.3 Å². The van der Waals surface area contributed by atoms with Gasteiger partial charge in [-0.15, -0.1) is 0 Å². The number of hydrogen-bond donors (Lipinski definition) is 3. The lowest BCUT2D eigenvalue weighted by Gasteiger charge is -2.15. The lowest BCUT2D eigenvalue weighted by molar-refractivity contribution is 0.0998. The van der Waals surface area contributed by atoms with E-state index in [1.165, 1.54) is 6.07 Å². The number of halogens is 1. The number of nitrogen functional groups attached to an aromatic ring is 1. The van der Waals surface area contributed by atoms with Crippen LogP contribution in [0, 0.1) is 11.8 Å².